The lowest BCUT2D eigenvalue weighted by molar-refractivity contribution is -0.130. The molecule has 0 aromatic heterocycles. The van der Waals surface area contributed by atoms with E-state index in [1.54, 1.807) is 6.92 Å². The summed E-state index contributed by atoms with van der Waals surface area (Å²) in [5.41, 5.74) is 8.56. The Morgan fingerprint density at radius 1 is 1.30 bits per heavy atom. The van der Waals surface area contributed by atoms with E-state index in [9.17, 15) is 9.59 Å². The Morgan fingerprint density at radius 2 is 1.90 bits per heavy atom. The summed E-state index contributed by atoms with van der Waals surface area (Å²) in [7, 11) is 0. The quantitative estimate of drug-likeness (QED) is 0.776. The van der Waals surface area contributed by atoms with E-state index in [1.165, 1.54) is 0 Å². The first kappa shape index (κ1) is 16.2. The maximum Gasteiger partial charge on any atom is 0.246 e. The largest absolute Gasteiger partial charge is 0.372 e. The molecule has 0 saturated carbocycles. The average molecular weight is 278 g/mol. The number of benzene rings is 1. The second-order valence-corrected chi connectivity index (χ2v) is 4.73. The highest BCUT2D eigenvalue weighted by atomic mass is 16.5. The first-order valence-corrected chi connectivity index (χ1v) is 6.67. The van der Waals surface area contributed by atoms with Gasteiger partial charge in [0.15, 0.2) is 0 Å². The van der Waals surface area contributed by atoms with Gasteiger partial charge in [-0.25, -0.2) is 0 Å². The van der Waals surface area contributed by atoms with Gasteiger partial charge < -0.3 is 15.8 Å². The molecule has 0 heterocycles. The van der Waals surface area contributed by atoms with Crippen molar-refractivity contribution in [1.82, 2.24) is 5.32 Å². The van der Waals surface area contributed by atoms with Gasteiger partial charge in [0.05, 0.1) is 0 Å². The van der Waals surface area contributed by atoms with Gasteiger partial charge in [0.25, 0.3) is 0 Å². The van der Waals surface area contributed by atoms with E-state index in [0.29, 0.717) is 13.0 Å². The fourth-order valence-corrected chi connectivity index (χ4v) is 2.03. The lowest BCUT2D eigenvalue weighted by atomic mass is 9.96. The molecule has 0 unspecified atom stereocenters. The molecule has 0 fully saturated rings. The zero-order chi connectivity index (χ0) is 15.1. The number of primary amides is 1. The van der Waals surface area contributed by atoms with Crippen molar-refractivity contribution in [1.29, 1.82) is 0 Å². The third-order valence-electron chi connectivity index (χ3n) is 3.17. The van der Waals surface area contributed by atoms with Crippen molar-refractivity contribution in [2.45, 2.75) is 33.2 Å². The number of hydrogen-bond donors (Lipinski definition) is 2. The molecule has 0 spiro atoms. The third-order valence-corrected chi connectivity index (χ3v) is 3.17. The van der Waals surface area contributed by atoms with Crippen LogP contribution in [0.4, 0.5) is 0 Å². The van der Waals surface area contributed by atoms with Crippen molar-refractivity contribution in [3.63, 3.8) is 0 Å². The van der Waals surface area contributed by atoms with Crippen LogP contribution in [0.15, 0.2) is 18.2 Å². The fraction of sp³-hybridized carbons (Fsp3) is 0.467. The number of aryl methyl sites for hydroxylation is 2. The normalized spacial score (nSPS) is 11.9. The van der Waals surface area contributed by atoms with E-state index in [0.717, 1.165) is 16.7 Å². The van der Waals surface area contributed by atoms with E-state index >= 15 is 0 Å². The molecule has 5 heteroatoms. The molecule has 1 aromatic carbocycles. The van der Waals surface area contributed by atoms with Crippen LogP contribution in [-0.4, -0.2) is 31.1 Å². The standard InChI is InChI=1S/C15H22N2O3/c1-4-20-9-14(18)17-13(15(16)19)8-12-10(2)6-5-7-11(12)3/h5-7,13H,4,8-9H2,1-3H3,(H2,16,19)(H,17,18)/t13-/m0/s1. The Bertz CT molecular complexity index is 466. The second-order valence-electron chi connectivity index (χ2n) is 4.73. The van der Waals surface area contributed by atoms with Crippen molar-refractivity contribution < 1.29 is 14.3 Å². The number of nitrogens with two attached hydrogens (primary N) is 1. The lowest BCUT2D eigenvalue weighted by Gasteiger charge is -2.18. The minimum atomic E-state index is -0.720. The molecule has 0 radical (unpaired) electrons. The zero-order valence-corrected chi connectivity index (χ0v) is 12.2. The van der Waals surface area contributed by atoms with Crippen molar-refractivity contribution in [2.24, 2.45) is 5.73 Å². The van der Waals surface area contributed by atoms with Gasteiger partial charge in [-0.15, -0.1) is 0 Å². The molecule has 110 valence electrons. The summed E-state index contributed by atoms with van der Waals surface area (Å²) in [5, 5.41) is 2.62. The molecule has 20 heavy (non-hydrogen) atoms. The van der Waals surface area contributed by atoms with Gasteiger partial charge in [-0.2, -0.15) is 0 Å². The van der Waals surface area contributed by atoms with Crippen LogP contribution in [-0.2, 0) is 20.7 Å². The summed E-state index contributed by atoms with van der Waals surface area (Å²) in [5.74, 6) is -0.876. The Kier molecular flexibility index (Phi) is 6.18. The SMILES string of the molecule is CCOCC(=O)N[C@@H](Cc1c(C)cccc1C)C(N)=O. The predicted octanol–water partition coefficient (Wildman–Crippen LogP) is 0.853. The summed E-state index contributed by atoms with van der Waals surface area (Å²) < 4.78 is 5.01. The number of carbonyl (C=O) groups is 2. The van der Waals surface area contributed by atoms with Crippen LogP contribution in [0, 0.1) is 13.8 Å². The van der Waals surface area contributed by atoms with Crippen LogP contribution in [0.3, 0.4) is 0 Å². The van der Waals surface area contributed by atoms with E-state index < -0.39 is 11.9 Å². The summed E-state index contributed by atoms with van der Waals surface area (Å²) in [6.07, 6.45) is 0.395. The molecule has 1 aromatic rings. The van der Waals surface area contributed by atoms with Crippen molar-refractivity contribution >= 4 is 11.8 Å². The van der Waals surface area contributed by atoms with Gasteiger partial charge in [0.1, 0.15) is 12.6 Å². The average Bonchev–Trinajstić information content (AvgIpc) is 2.39. The number of amides is 2. The minimum Gasteiger partial charge on any atom is -0.372 e. The van der Waals surface area contributed by atoms with E-state index in [1.807, 2.05) is 32.0 Å². The fourth-order valence-electron chi connectivity index (χ4n) is 2.03. The monoisotopic (exact) mass is 278 g/mol. The van der Waals surface area contributed by atoms with Crippen LogP contribution in [0.25, 0.3) is 0 Å². The molecule has 2 amide bonds. The molecule has 0 aliphatic carbocycles. The van der Waals surface area contributed by atoms with Crippen LogP contribution in [0.1, 0.15) is 23.6 Å². The Morgan fingerprint density at radius 3 is 2.40 bits per heavy atom. The summed E-state index contributed by atoms with van der Waals surface area (Å²) in [6, 6.07) is 5.19. The molecule has 1 atom stereocenters. The maximum absolute atomic E-state index is 11.6. The lowest BCUT2D eigenvalue weighted by Crippen LogP contribution is -2.47. The summed E-state index contributed by atoms with van der Waals surface area (Å²) in [6.45, 7) is 6.14. The van der Waals surface area contributed by atoms with Crippen LogP contribution >= 0.6 is 0 Å². The van der Waals surface area contributed by atoms with Gasteiger partial charge in [-0.05, 0) is 37.5 Å². The Hall–Kier alpha value is -1.88. The number of hydrogen-bond acceptors (Lipinski definition) is 3. The molecule has 3 N–H and O–H groups in total. The van der Waals surface area contributed by atoms with E-state index in [4.69, 9.17) is 10.5 Å². The highest BCUT2D eigenvalue weighted by Gasteiger charge is 2.20. The van der Waals surface area contributed by atoms with Gasteiger partial charge in [0, 0.05) is 13.0 Å². The van der Waals surface area contributed by atoms with E-state index in [2.05, 4.69) is 5.32 Å². The molecule has 0 bridgehead atoms. The molecule has 0 saturated heterocycles. The van der Waals surface area contributed by atoms with Gasteiger partial charge in [0.2, 0.25) is 11.8 Å². The summed E-state index contributed by atoms with van der Waals surface area (Å²) in [4.78, 5) is 23.1. The van der Waals surface area contributed by atoms with E-state index in [-0.39, 0.29) is 12.5 Å². The Labute approximate surface area is 119 Å². The molecule has 0 aliphatic heterocycles. The van der Waals surface area contributed by atoms with Gasteiger partial charge >= 0.3 is 0 Å². The Balaban J connectivity index is 2.78. The number of rotatable bonds is 7. The van der Waals surface area contributed by atoms with Gasteiger partial charge in [-0.3, -0.25) is 9.59 Å². The topological polar surface area (TPSA) is 81.4 Å². The van der Waals surface area contributed by atoms with Crippen LogP contribution in [0.2, 0.25) is 0 Å². The molecule has 5 nitrogen and oxygen atoms in total. The third kappa shape index (κ3) is 4.66. The van der Waals surface area contributed by atoms with Crippen LogP contribution < -0.4 is 11.1 Å². The molecule has 0 aliphatic rings. The first-order chi connectivity index (χ1) is 9.45. The van der Waals surface area contributed by atoms with Crippen molar-refractivity contribution in [3.8, 4) is 0 Å². The summed E-state index contributed by atoms with van der Waals surface area (Å²) >= 11 is 0. The number of carbonyl (C=O) groups excluding carboxylic acids is 2. The first-order valence-electron chi connectivity index (χ1n) is 6.67. The number of nitrogens with one attached hydrogen (secondary N) is 1. The molecule has 1 rings (SSSR count). The highest BCUT2D eigenvalue weighted by molar-refractivity contribution is 5.87. The zero-order valence-electron chi connectivity index (χ0n) is 12.2. The maximum atomic E-state index is 11.6. The van der Waals surface area contributed by atoms with Gasteiger partial charge in [-0.1, -0.05) is 18.2 Å². The predicted molar refractivity (Wildman–Crippen MR) is 77.2 cm³/mol. The number of ether oxygens (including phenoxy) is 1. The van der Waals surface area contributed by atoms with Crippen molar-refractivity contribution in [3.05, 3.63) is 34.9 Å². The second kappa shape index (κ2) is 7.65. The minimum absolute atomic E-state index is 0.0625. The van der Waals surface area contributed by atoms with Crippen molar-refractivity contribution in [2.75, 3.05) is 13.2 Å². The van der Waals surface area contributed by atoms with Crippen LogP contribution in [0.5, 0.6) is 0 Å². The molecular formula is C15H22N2O3. The molecular weight excluding hydrogens is 256 g/mol. The highest BCUT2D eigenvalue weighted by Crippen LogP contribution is 2.15. The smallest absolute Gasteiger partial charge is 0.246 e.